The molecule has 1 rings (SSSR count). The van der Waals surface area contributed by atoms with Gasteiger partial charge in [0.15, 0.2) is 0 Å². The van der Waals surface area contributed by atoms with Gasteiger partial charge in [-0.15, -0.1) is 0 Å². The molecule has 0 amide bonds. The molecule has 0 aliphatic rings. The molecule has 0 bridgehead atoms. The highest BCUT2D eigenvalue weighted by Gasteiger charge is 2.20. The number of benzene rings is 1. The summed E-state index contributed by atoms with van der Waals surface area (Å²) < 4.78 is 0. The first-order chi connectivity index (χ1) is 9.50. The minimum absolute atomic E-state index is 0.212. The van der Waals surface area contributed by atoms with Crippen LogP contribution in [0.4, 0.5) is 0 Å². The smallest absolute Gasteiger partial charge is 0.00591 e. The van der Waals surface area contributed by atoms with Crippen molar-refractivity contribution in [3.8, 4) is 0 Å². The molecule has 0 nitrogen and oxygen atoms in total. The SMILES string of the molecule is C/C=C(/Cc1cc(C(C)(C)C)cc(CC)c1C)C(C)(C)C. The highest BCUT2D eigenvalue weighted by atomic mass is 14.3. The first-order valence-corrected chi connectivity index (χ1v) is 8.29. The van der Waals surface area contributed by atoms with Gasteiger partial charge in [-0.05, 0) is 59.8 Å². The Labute approximate surface area is 132 Å². The van der Waals surface area contributed by atoms with E-state index in [4.69, 9.17) is 0 Å². The predicted molar refractivity (Wildman–Crippen MR) is 96.2 cm³/mol. The molecule has 0 heterocycles. The Bertz CT molecular complexity index is 516. The molecular formula is C21H34. The molecule has 0 aliphatic heterocycles. The summed E-state index contributed by atoms with van der Waals surface area (Å²) in [7, 11) is 0. The molecule has 1 aromatic rings. The van der Waals surface area contributed by atoms with Gasteiger partial charge in [0.25, 0.3) is 0 Å². The Hall–Kier alpha value is -1.04. The van der Waals surface area contributed by atoms with E-state index in [1.165, 1.54) is 27.8 Å². The van der Waals surface area contributed by atoms with Crippen molar-refractivity contribution in [2.45, 2.75) is 80.6 Å². The maximum absolute atomic E-state index is 2.43. The fourth-order valence-corrected chi connectivity index (χ4v) is 2.83. The van der Waals surface area contributed by atoms with Gasteiger partial charge in [0, 0.05) is 0 Å². The van der Waals surface area contributed by atoms with Crippen molar-refractivity contribution in [3.05, 3.63) is 46.0 Å². The van der Waals surface area contributed by atoms with Crippen molar-refractivity contribution in [1.82, 2.24) is 0 Å². The third-order valence-electron chi connectivity index (χ3n) is 4.56. The van der Waals surface area contributed by atoms with Crippen LogP contribution in [0.25, 0.3) is 0 Å². The largest absolute Gasteiger partial charge is 0.0876 e. The highest BCUT2D eigenvalue weighted by Crippen LogP contribution is 2.32. The van der Waals surface area contributed by atoms with Crippen LogP contribution in [0.5, 0.6) is 0 Å². The van der Waals surface area contributed by atoms with E-state index in [1.807, 2.05) is 0 Å². The van der Waals surface area contributed by atoms with Crippen LogP contribution in [0.15, 0.2) is 23.8 Å². The van der Waals surface area contributed by atoms with Gasteiger partial charge in [0.05, 0.1) is 0 Å². The molecule has 0 N–H and O–H groups in total. The number of allylic oxidation sites excluding steroid dienone is 2. The summed E-state index contributed by atoms with van der Waals surface area (Å²) >= 11 is 0. The summed E-state index contributed by atoms with van der Waals surface area (Å²) in [5, 5.41) is 0. The zero-order valence-corrected chi connectivity index (χ0v) is 15.6. The van der Waals surface area contributed by atoms with Crippen LogP contribution < -0.4 is 0 Å². The van der Waals surface area contributed by atoms with Crippen molar-refractivity contribution in [1.29, 1.82) is 0 Å². The van der Waals surface area contributed by atoms with Crippen LogP contribution in [-0.4, -0.2) is 0 Å². The van der Waals surface area contributed by atoms with E-state index in [9.17, 15) is 0 Å². The zero-order valence-electron chi connectivity index (χ0n) is 15.6. The second-order valence-corrected chi connectivity index (χ2v) is 8.26. The fraction of sp³-hybridized carbons (Fsp3) is 0.619. The topological polar surface area (TPSA) is 0 Å². The molecule has 0 heteroatoms. The van der Waals surface area contributed by atoms with Crippen LogP contribution in [0.3, 0.4) is 0 Å². The van der Waals surface area contributed by atoms with Gasteiger partial charge in [-0.3, -0.25) is 0 Å². The minimum Gasteiger partial charge on any atom is -0.0876 e. The van der Waals surface area contributed by atoms with Crippen molar-refractivity contribution < 1.29 is 0 Å². The monoisotopic (exact) mass is 286 g/mol. The molecule has 0 fully saturated rings. The van der Waals surface area contributed by atoms with E-state index >= 15 is 0 Å². The van der Waals surface area contributed by atoms with E-state index < -0.39 is 0 Å². The molecule has 21 heavy (non-hydrogen) atoms. The number of aryl methyl sites for hydroxylation is 1. The standard InChI is InChI=1S/C21H34/c1-10-16-12-19(21(7,8)9)14-17(15(16)3)13-18(11-2)20(4,5)6/h11-12,14H,10,13H2,1-9H3/b18-11-. The third-order valence-corrected chi connectivity index (χ3v) is 4.56. The molecular weight excluding hydrogens is 252 g/mol. The molecule has 0 aliphatic carbocycles. The Morgan fingerprint density at radius 3 is 1.90 bits per heavy atom. The van der Waals surface area contributed by atoms with Crippen molar-refractivity contribution in [3.63, 3.8) is 0 Å². The van der Waals surface area contributed by atoms with E-state index in [0.29, 0.717) is 0 Å². The van der Waals surface area contributed by atoms with E-state index in [2.05, 4.69) is 80.5 Å². The average molecular weight is 287 g/mol. The summed E-state index contributed by atoms with van der Waals surface area (Å²) in [5.41, 5.74) is 7.93. The Morgan fingerprint density at radius 1 is 1.00 bits per heavy atom. The predicted octanol–water partition coefficient (Wildman–Crippen LogP) is 6.39. The number of hydrogen-bond donors (Lipinski definition) is 0. The maximum atomic E-state index is 2.43. The van der Waals surface area contributed by atoms with Gasteiger partial charge in [0.2, 0.25) is 0 Å². The summed E-state index contributed by atoms with van der Waals surface area (Å²) in [6, 6.07) is 4.84. The van der Waals surface area contributed by atoms with Crippen LogP contribution in [0, 0.1) is 12.3 Å². The van der Waals surface area contributed by atoms with Crippen molar-refractivity contribution >= 4 is 0 Å². The molecule has 118 valence electrons. The first kappa shape index (κ1) is 18.0. The zero-order chi connectivity index (χ0) is 16.4. The molecule has 0 radical (unpaired) electrons. The highest BCUT2D eigenvalue weighted by molar-refractivity contribution is 5.43. The number of rotatable bonds is 3. The molecule has 1 aromatic carbocycles. The fourth-order valence-electron chi connectivity index (χ4n) is 2.83. The summed E-state index contributed by atoms with van der Waals surface area (Å²) in [6.07, 6.45) is 4.49. The lowest BCUT2D eigenvalue weighted by Crippen LogP contribution is -2.16. The van der Waals surface area contributed by atoms with Crippen LogP contribution in [0.2, 0.25) is 0 Å². The summed E-state index contributed by atoms with van der Waals surface area (Å²) in [6.45, 7) is 20.6. The van der Waals surface area contributed by atoms with Gasteiger partial charge >= 0.3 is 0 Å². The second kappa shape index (κ2) is 6.38. The van der Waals surface area contributed by atoms with E-state index in [-0.39, 0.29) is 10.8 Å². The molecule has 0 saturated heterocycles. The Balaban J connectivity index is 3.35. The third kappa shape index (κ3) is 4.46. The summed E-state index contributed by atoms with van der Waals surface area (Å²) in [4.78, 5) is 0. The lowest BCUT2D eigenvalue weighted by molar-refractivity contribution is 0.490. The van der Waals surface area contributed by atoms with E-state index in [0.717, 1.165) is 12.8 Å². The quantitative estimate of drug-likeness (QED) is 0.565. The van der Waals surface area contributed by atoms with E-state index in [1.54, 1.807) is 0 Å². The first-order valence-electron chi connectivity index (χ1n) is 8.29. The maximum Gasteiger partial charge on any atom is -0.00591 e. The molecule has 0 saturated carbocycles. The number of hydrogen-bond acceptors (Lipinski definition) is 0. The van der Waals surface area contributed by atoms with Gasteiger partial charge in [-0.25, -0.2) is 0 Å². The second-order valence-electron chi connectivity index (χ2n) is 8.26. The summed E-state index contributed by atoms with van der Waals surface area (Å²) in [5.74, 6) is 0. The molecule has 0 spiro atoms. The van der Waals surface area contributed by atoms with Gasteiger partial charge < -0.3 is 0 Å². The normalized spacial score (nSPS) is 13.7. The lowest BCUT2D eigenvalue weighted by Gasteiger charge is -2.27. The van der Waals surface area contributed by atoms with Crippen molar-refractivity contribution in [2.75, 3.05) is 0 Å². The van der Waals surface area contributed by atoms with Gasteiger partial charge in [-0.2, -0.15) is 0 Å². The van der Waals surface area contributed by atoms with Crippen LogP contribution in [-0.2, 0) is 18.3 Å². The average Bonchev–Trinajstić information content (AvgIpc) is 2.34. The molecule has 0 unspecified atom stereocenters. The van der Waals surface area contributed by atoms with Gasteiger partial charge in [-0.1, -0.05) is 72.2 Å². The lowest BCUT2D eigenvalue weighted by atomic mass is 9.78. The van der Waals surface area contributed by atoms with Gasteiger partial charge in [0.1, 0.15) is 0 Å². The molecule has 0 atom stereocenters. The Kier molecular flexibility index (Phi) is 5.47. The van der Waals surface area contributed by atoms with Crippen LogP contribution >= 0.6 is 0 Å². The van der Waals surface area contributed by atoms with Crippen molar-refractivity contribution in [2.24, 2.45) is 5.41 Å². The molecule has 0 aromatic heterocycles. The van der Waals surface area contributed by atoms with Crippen LogP contribution in [0.1, 0.15) is 77.6 Å². The Morgan fingerprint density at radius 2 is 1.52 bits per heavy atom. The minimum atomic E-state index is 0.212.